The Hall–Kier alpha value is -2.37. The molecule has 0 saturated carbocycles. The summed E-state index contributed by atoms with van der Waals surface area (Å²) in [7, 11) is 0. The van der Waals surface area contributed by atoms with Crippen molar-refractivity contribution in [3.8, 4) is 16.9 Å². The molecule has 1 heterocycles. The average Bonchev–Trinajstić information content (AvgIpc) is 2.59. The van der Waals surface area contributed by atoms with E-state index in [0.717, 1.165) is 11.1 Å². The van der Waals surface area contributed by atoms with E-state index in [4.69, 9.17) is 9.57 Å². The van der Waals surface area contributed by atoms with E-state index in [1.54, 1.807) is 6.07 Å². The first-order chi connectivity index (χ1) is 11.6. The van der Waals surface area contributed by atoms with Crippen LogP contribution in [0.5, 0.6) is 5.75 Å². The lowest BCUT2D eigenvalue weighted by molar-refractivity contribution is -0.000219. The Morgan fingerprint density at radius 2 is 2.00 bits per heavy atom. The molecule has 0 bridgehead atoms. The lowest BCUT2D eigenvalue weighted by Crippen LogP contribution is -2.29. The Morgan fingerprint density at radius 3 is 2.71 bits per heavy atom. The molecule has 5 heteroatoms. The molecule has 1 aliphatic heterocycles. The normalized spacial score (nSPS) is 16.4. The van der Waals surface area contributed by atoms with Gasteiger partial charge in [0.2, 0.25) is 0 Å². The summed E-state index contributed by atoms with van der Waals surface area (Å²) in [4.78, 5) is 17.8. The van der Waals surface area contributed by atoms with Gasteiger partial charge >= 0.3 is 0 Å². The number of fused-ring (bicyclic) bond motifs is 1. The topological polar surface area (TPSA) is 67.8 Å². The molecular weight excluding hydrogens is 306 g/mol. The monoisotopic (exact) mass is 327 g/mol. The number of aliphatic hydroxyl groups excluding tert-OH is 1. The van der Waals surface area contributed by atoms with Crippen LogP contribution in [0.25, 0.3) is 11.1 Å². The number of benzene rings is 2. The van der Waals surface area contributed by atoms with Crippen molar-refractivity contribution in [1.29, 1.82) is 0 Å². The van der Waals surface area contributed by atoms with Gasteiger partial charge in [-0.3, -0.25) is 9.63 Å². The highest BCUT2D eigenvalue weighted by atomic mass is 16.7. The van der Waals surface area contributed by atoms with Crippen LogP contribution in [-0.4, -0.2) is 23.7 Å². The van der Waals surface area contributed by atoms with Gasteiger partial charge in [0.05, 0.1) is 24.4 Å². The fourth-order valence-electron chi connectivity index (χ4n) is 2.73. The van der Waals surface area contributed by atoms with E-state index in [1.165, 1.54) is 0 Å². The molecule has 1 amide bonds. The van der Waals surface area contributed by atoms with Gasteiger partial charge in [0.15, 0.2) is 0 Å². The van der Waals surface area contributed by atoms with Crippen molar-refractivity contribution in [2.75, 3.05) is 6.61 Å². The predicted molar refractivity (Wildman–Crippen MR) is 90.6 cm³/mol. The molecule has 1 aliphatic rings. The van der Waals surface area contributed by atoms with Gasteiger partial charge in [-0.2, -0.15) is 0 Å². The second-order valence-corrected chi connectivity index (χ2v) is 6.05. The Bertz CT molecular complexity index is 728. The maximum Gasteiger partial charge on any atom is 0.275 e. The first-order valence-electron chi connectivity index (χ1n) is 8.06. The Balaban J connectivity index is 2.06. The fourth-order valence-corrected chi connectivity index (χ4v) is 2.73. The molecule has 0 fully saturated rings. The van der Waals surface area contributed by atoms with E-state index in [9.17, 15) is 9.90 Å². The summed E-state index contributed by atoms with van der Waals surface area (Å²) < 4.78 is 5.69. The molecule has 2 aromatic rings. The van der Waals surface area contributed by atoms with Crippen LogP contribution >= 0.6 is 0 Å². The van der Waals surface area contributed by atoms with Gasteiger partial charge < -0.3 is 9.84 Å². The third kappa shape index (κ3) is 3.42. The average molecular weight is 327 g/mol. The maximum atomic E-state index is 12.5. The maximum absolute atomic E-state index is 12.5. The molecule has 0 radical (unpaired) electrons. The molecule has 2 N–H and O–H groups in total. The highest BCUT2D eigenvalue weighted by Crippen LogP contribution is 2.38. The van der Waals surface area contributed by atoms with E-state index in [2.05, 4.69) is 5.48 Å². The second-order valence-electron chi connectivity index (χ2n) is 6.05. The Kier molecular flexibility index (Phi) is 4.83. The standard InChI is InChI=1S/C19H21NO4/c1-12(2)24-20-19(22)15-10-14(13-6-4-3-5-7-13)11-17-18(15)16(21)8-9-23-17/h3-7,10-12,16,21H,8-9H2,1-2H3,(H,20,22)/t16-/m0/s1. The number of hydrogen-bond donors (Lipinski definition) is 2. The van der Waals surface area contributed by atoms with Crippen LogP contribution < -0.4 is 10.2 Å². The molecule has 3 rings (SSSR count). The van der Waals surface area contributed by atoms with E-state index < -0.39 is 6.10 Å². The number of nitrogens with one attached hydrogen (secondary N) is 1. The SMILES string of the molecule is CC(C)ONC(=O)c1cc(-c2ccccc2)cc2c1[C@@H](O)CCO2. The third-order valence-electron chi connectivity index (χ3n) is 3.86. The van der Waals surface area contributed by atoms with Gasteiger partial charge in [-0.1, -0.05) is 30.3 Å². The largest absolute Gasteiger partial charge is 0.493 e. The highest BCUT2D eigenvalue weighted by Gasteiger charge is 2.27. The van der Waals surface area contributed by atoms with E-state index in [1.807, 2.05) is 50.2 Å². The summed E-state index contributed by atoms with van der Waals surface area (Å²) in [5, 5.41) is 10.3. The zero-order valence-corrected chi connectivity index (χ0v) is 13.8. The minimum Gasteiger partial charge on any atom is -0.493 e. The molecule has 0 aromatic heterocycles. The van der Waals surface area contributed by atoms with Crippen LogP contribution in [0.4, 0.5) is 0 Å². The minimum absolute atomic E-state index is 0.136. The first-order valence-corrected chi connectivity index (χ1v) is 8.06. The number of hydroxylamine groups is 1. The lowest BCUT2D eigenvalue weighted by atomic mass is 9.92. The van der Waals surface area contributed by atoms with Crippen LogP contribution in [0.2, 0.25) is 0 Å². The Morgan fingerprint density at radius 1 is 1.25 bits per heavy atom. The quantitative estimate of drug-likeness (QED) is 0.846. The number of carbonyl (C=O) groups excluding carboxylic acids is 1. The zero-order chi connectivity index (χ0) is 17.1. The molecular formula is C19H21NO4. The number of aliphatic hydroxyl groups is 1. The van der Waals surface area contributed by atoms with Gasteiger partial charge in [0.25, 0.3) is 5.91 Å². The molecule has 2 aromatic carbocycles. The minimum atomic E-state index is -0.724. The third-order valence-corrected chi connectivity index (χ3v) is 3.86. The van der Waals surface area contributed by atoms with Crippen LogP contribution in [-0.2, 0) is 4.84 Å². The van der Waals surface area contributed by atoms with Crippen LogP contribution in [0.1, 0.15) is 42.3 Å². The van der Waals surface area contributed by atoms with Crippen LogP contribution in [0, 0.1) is 0 Å². The van der Waals surface area contributed by atoms with Gasteiger partial charge in [-0.15, -0.1) is 0 Å². The van der Waals surface area contributed by atoms with Crippen molar-refractivity contribution < 1.29 is 19.5 Å². The number of hydrogen-bond acceptors (Lipinski definition) is 4. The summed E-state index contributed by atoms with van der Waals surface area (Å²) in [6.45, 7) is 4.08. The summed E-state index contributed by atoms with van der Waals surface area (Å²) in [5.41, 5.74) is 5.17. The zero-order valence-electron chi connectivity index (χ0n) is 13.8. The fraction of sp³-hybridized carbons (Fsp3) is 0.316. The molecule has 1 atom stereocenters. The summed E-state index contributed by atoms with van der Waals surface area (Å²) in [6.07, 6.45) is -0.398. The highest BCUT2D eigenvalue weighted by molar-refractivity contribution is 5.97. The predicted octanol–water partition coefficient (Wildman–Crippen LogP) is 3.24. The van der Waals surface area contributed by atoms with Crippen molar-refractivity contribution in [2.24, 2.45) is 0 Å². The first kappa shape index (κ1) is 16.5. The summed E-state index contributed by atoms with van der Waals surface area (Å²) in [6, 6.07) is 13.4. The molecule has 0 aliphatic carbocycles. The van der Waals surface area contributed by atoms with Crippen molar-refractivity contribution in [3.05, 3.63) is 53.6 Å². The lowest BCUT2D eigenvalue weighted by Gasteiger charge is -2.25. The number of amides is 1. The number of carbonyl (C=O) groups is 1. The van der Waals surface area contributed by atoms with Crippen LogP contribution in [0.3, 0.4) is 0 Å². The van der Waals surface area contributed by atoms with Gasteiger partial charge in [-0.05, 0) is 37.1 Å². The van der Waals surface area contributed by atoms with Crippen LogP contribution in [0.15, 0.2) is 42.5 Å². The van der Waals surface area contributed by atoms with Crippen molar-refractivity contribution in [3.63, 3.8) is 0 Å². The Labute approximate surface area is 141 Å². The van der Waals surface area contributed by atoms with Crippen molar-refractivity contribution in [2.45, 2.75) is 32.5 Å². The summed E-state index contributed by atoms with van der Waals surface area (Å²) >= 11 is 0. The van der Waals surface area contributed by atoms with Gasteiger partial charge in [-0.25, -0.2) is 5.48 Å². The molecule has 0 unspecified atom stereocenters. The van der Waals surface area contributed by atoms with Gasteiger partial charge in [0, 0.05) is 12.0 Å². The number of ether oxygens (including phenoxy) is 1. The number of rotatable bonds is 4. The van der Waals surface area contributed by atoms with Crippen molar-refractivity contribution in [1.82, 2.24) is 5.48 Å². The summed E-state index contributed by atoms with van der Waals surface area (Å²) in [5.74, 6) is 0.159. The van der Waals surface area contributed by atoms with E-state index in [0.29, 0.717) is 29.9 Å². The molecule has 126 valence electrons. The molecule has 0 saturated heterocycles. The molecule has 24 heavy (non-hydrogen) atoms. The second kappa shape index (κ2) is 7.03. The molecule has 5 nitrogen and oxygen atoms in total. The van der Waals surface area contributed by atoms with E-state index in [-0.39, 0.29) is 12.0 Å². The smallest absolute Gasteiger partial charge is 0.275 e. The molecule has 0 spiro atoms. The van der Waals surface area contributed by atoms with E-state index >= 15 is 0 Å². The van der Waals surface area contributed by atoms with Gasteiger partial charge in [0.1, 0.15) is 5.75 Å². The van der Waals surface area contributed by atoms with Crippen molar-refractivity contribution >= 4 is 5.91 Å².